The minimum absolute atomic E-state index is 0.361. The highest BCUT2D eigenvalue weighted by molar-refractivity contribution is 5.49. The maximum absolute atomic E-state index is 10.9. The van der Waals surface area contributed by atoms with Crippen LogP contribution in [0.5, 0.6) is 17.2 Å². The van der Waals surface area contributed by atoms with Gasteiger partial charge in [-0.2, -0.15) is 0 Å². The molecule has 0 aromatic heterocycles. The summed E-state index contributed by atoms with van der Waals surface area (Å²) in [6.07, 6.45) is 13.6. The third-order valence-corrected chi connectivity index (χ3v) is 8.52. The summed E-state index contributed by atoms with van der Waals surface area (Å²) < 4.78 is 0. The lowest BCUT2D eigenvalue weighted by Crippen LogP contribution is -2.06. The average Bonchev–Trinajstić information content (AvgIpc) is 2.90. The number of hydrogen-bond acceptors (Lipinski definition) is 3. The van der Waals surface area contributed by atoms with Gasteiger partial charge >= 0.3 is 0 Å². The molecule has 2 aliphatic rings. The maximum atomic E-state index is 10.9. The molecule has 2 saturated carbocycles. The summed E-state index contributed by atoms with van der Waals surface area (Å²) in [5.41, 5.74) is 7.49. The standard InChI is InChI=1S/C33H40O3/c1-22-16-25(17-23-12-14-31(34)29(20-23)26-8-4-2-5-9-26)19-28(33(22)36)18-24-13-15-32(35)30(21-24)27-10-6-3-7-11-27/h12-16,19-21,26-27,34-36H,2-11,17-18H2,1H3. The molecule has 0 saturated heterocycles. The fourth-order valence-corrected chi connectivity index (χ4v) is 6.54. The predicted molar refractivity (Wildman–Crippen MR) is 146 cm³/mol. The number of aryl methyl sites for hydroxylation is 1. The third-order valence-electron chi connectivity index (χ3n) is 8.52. The van der Waals surface area contributed by atoms with E-state index in [0.29, 0.717) is 35.5 Å². The number of phenols is 3. The minimum atomic E-state index is 0.361. The molecule has 0 heterocycles. The molecule has 0 unspecified atom stereocenters. The van der Waals surface area contributed by atoms with Crippen molar-refractivity contribution in [1.29, 1.82) is 0 Å². The highest BCUT2D eigenvalue weighted by Gasteiger charge is 2.21. The molecular weight excluding hydrogens is 444 g/mol. The van der Waals surface area contributed by atoms with E-state index in [4.69, 9.17) is 0 Å². The average molecular weight is 485 g/mol. The zero-order chi connectivity index (χ0) is 25.1. The molecule has 36 heavy (non-hydrogen) atoms. The normalized spacial score (nSPS) is 17.4. The van der Waals surface area contributed by atoms with Crippen molar-refractivity contribution in [1.82, 2.24) is 0 Å². The van der Waals surface area contributed by atoms with Crippen molar-refractivity contribution in [3.63, 3.8) is 0 Å². The van der Waals surface area contributed by atoms with E-state index in [1.165, 1.54) is 49.7 Å². The fourth-order valence-electron chi connectivity index (χ4n) is 6.54. The van der Waals surface area contributed by atoms with Gasteiger partial charge in [0.2, 0.25) is 0 Å². The Balaban J connectivity index is 1.38. The first kappa shape index (κ1) is 24.7. The van der Waals surface area contributed by atoms with E-state index >= 15 is 0 Å². The summed E-state index contributed by atoms with van der Waals surface area (Å²) in [6, 6.07) is 16.3. The van der Waals surface area contributed by atoms with Crippen LogP contribution in [-0.4, -0.2) is 15.3 Å². The van der Waals surface area contributed by atoms with Crippen molar-refractivity contribution in [3.8, 4) is 17.2 Å². The number of phenolic OH excluding ortho intramolecular Hbond substituents is 3. The second kappa shape index (κ2) is 11.0. The van der Waals surface area contributed by atoms with Gasteiger partial charge < -0.3 is 15.3 Å². The van der Waals surface area contributed by atoms with E-state index in [-0.39, 0.29) is 0 Å². The Morgan fingerprint density at radius 3 is 1.61 bits per heavy atom. The zero-order valence-electron chi connectivity index (χ0n) is 21.6. The lowest BCUT2D eigenvalue weighted by molar-refractivity contribution is 0.414. The van der Waals surface area contributed by atoms with Crippen molar-refractivity contribution in [2.45, 2.75) is 95.8 Å². The Morgan fingerprint density at radius 2 is 1.08 bits per heavy atom. The summed E-state index contributed by atoms with van der Waals surface area (Å²) in [7, 11) is 0. The van der Waals surface area contributed by atoms with Gasteiger partial charge in [0.05, 0.1) is 0 Å². The fraction of sp³-hybridized carbons (Fsp3) is 0.455. The monoisotopic (exact) mass is 484 g/mol. The van der Waals surface area contributed by atoms with E-state index in [1.807, 2.05) is 31.2 Å². The molecule has 0 radical (unpaired) electrons. The van der Waals surface area contributed by atoms with Crippen LogP contribution in [-0.2, 0) is 12.8 Å². The molecule has 0 aliphatic heterocycles. The SMILES string of the molecule is Cc1cc(Cc2ccc(O)c(C3CCCCC3)c2)cc(Cc2ccc(O)c(C3CCCCC3)c2)c1O. The molecule has 2 aliphatic carbocycles. The second-order valence-electron chi connectivity index (χ2n) is 11.2. The van der Waals surface area contributed by atoms with Gasteiger partial charge in [-0.05, 0) is 102 Å². The molecule has 5 rings (SSSR count). The first-order chi connectivity index (χ1) is 17.5. The van der Waals surface area contributed by atoms with Crippen molar-refractivity contribution in [2.24, 2.45) is 0 Å². The maximum Gasteiger partial charge on any atom is 0.122 e. The van der Waals surface area contributed by atoms with Crippen LogP contribution in [0.3, 0.4) is 0 Å². The molecule has 190 valence electrons. The molecule has 2 fully saturated rings. The molecule has 0 bridgehead atoms. The smallest absolute Gasteiger partial charge is 0.122 e. The van der Waals surface area contributed by atoms with Gasteiger partial charge in [0.25, 0.3) is 0 Å². The van der Waals surface area contributed by atoms with E-state index in [1.54, 1.807) is 0 Å². The number of hydrogen-bond donors (Lipinski definition) is 3. The van der Waals surface area contributed by atoms with Crippen LogP contribution in [0.2, 0.25) is 0 Å². The van der Waals surface area contributed by atoms with Crippen molar-refractivity contribution >= 4 is 0 Å². The van der Waals surface area contributed by atoms with Crippen LogP contribution in [0, 0.1) is 6.92 Å². The van der Waals surface area contributed by atoms with E-state index < -0.39 is 0 Å². The highest BCUT2D eigenvalue weighted by Crippen LogP contribution is 2.39. The van der Waals surface area contributed by atoms with Crippen LogP contribution < -0.4 is 0 Å². The van der Waals surface area contributed by atoms with Gasteiger partial charge in [0.1, 0.15) is 17.2 Å². The lowest BCUT2D eigenvalue weighted by atomic mass is 9.82. The second-order valence-corrected chi connectivity index (χ2v) is 11.2. The van der Waals surface area contributed by atoms with Gasteiger partial charge in [-0.25, -0.2) is 0 Å². The Bertz CT molecular complexity index is 1200. The van der Waals surface area contributed by atoms with Gasteiger partial charge in [-0.15, -0.1) is 0 Å². The highest BCUT2D eigenvalue weighted by atomic mass is 16.3. The van der Waals surface area contributed by atoms with Crippen molar-refractivity contribution in [2.75, 3.05) is 0 Å². The summed E-state index contributed by atoms with van der Waals surface area (Å²) in [4.78, 5) is 0. The number of rotatable bonds is 6. The number of aromatic hydroxyl groups is 3. The van der Waals surface area contributed by atoms with Crippen LogP contribution in [0.15, 0.2) is 48.5 Å². The van der Waals surface area contributed by atoms with Gasteiger partial charge in [0.15, 0.2) is 0 Å². The minimum Gasteiger partial charge on any atom is -0.508 e. The predicted octanol–water partition coefficient (Wildman–Crippen LogP) is 8.39. The Kier molecular flexibility index (Phi) is 7.55. The first-order valence-electron chi connectivity index (χ1n) is 13.9. The summed E-state index contributed by atoms with van der Waals surface area (Å²) in [6.45, 7) is 1.97. The Hall–Kier alpha value is -2.94. The lowest BCUT2D eigenvalue weighted by Gasteiger charge is -2.23. The van der Waals surface area contributed by atoms with E-state index in [2.05, 4.69) is 24.3 Å². The molecule has 0 atom stereocenters. The summed E-state index contributed by atoms with van der Waals surface area (Å²) in [5, 5.41) is 31.9. The van der Waals surface area contributed by atoms with Crippen molar-refractivity contribution in [3.05, 3.63) is 87.5 Å². The molecular formula is C33H40O3. The van der Waals surface area contributed by atoms with Crippen LogP contribution in [0.25, 0.3) is 0 Å². The van der Waals surface area contributed by atoms with Crippen LogP contribution in [0.4, 0.5) is 0 Å². The Labute approximate surface area is 215 Å². The Morgan fingerprint density at radius 1 is 0.583 bits per heavy atom. The molecule has 3 nitrogen and oxygen atoms in total. The van der Waals surface area contributed by atoms with Gasteiger partial charge in [-0.1, -0.05) is 74.9 Å². The molecule has 3 heteroatoms. The largest absolute Gasteiger partial charge is 0.508 e. The molecule has 0 amide bonds. The van der Waals surface area contributed by atoms with Gasteiger partial charge in [-0.3, -0.25) is 0 Å². The topological polar surface area (TPSA) is 60.7 Å². The van der Waals surface area contributed by atoms with Crippen LogP contribution >= 0.6 is 0 Å². The first-order valence-corrected chi connectivity index (χ1v) is 13.9. The number of benzene rings is 3. The van der Waals surface area contributed by atoms with Crippen molar-refractivity contribution < 1.29 is 15.3 Å². The van der Waals surface area contributed by atoms with Gasteiger partial charge in [0, 0.05) is 6.42 Å². The third kappa shape index (κ3) is 5.56. The van der Waals surface area contributed by atoms with E-state index in [0.717, 1.165) is 59.9 Å². The quantitative estimate of drug-likeness (QED) is 0.329. The molecule has 3 aromatic carbocycles. The molecule has 3 aromatic rings. The summed E-state index contributed by atoms with van der Waals surface area (Å²) in [5.74, 6) is 2.09. The van der Waals surface area contributed by atoms with E-state index in [9.17, 15) is 15.3 Å². The van der Waals surface area contributed by atoms with Crippen LogP contribution in [0.1, 0.15) is 115 Å². The molecule has 3 N–H and O–H groups in total. The zero-order valence-corrected chi connectivity index (χ0v) is 21.6. The molecule has 0 spiro atoms. The summed E-state index contributed by atoms with van der Waals surface area (Å²) >= 11 is 0.